The van der Waals surface area contributed by atoms with Gasteiger partial charge in [-0.3, -0.25) is 0 Å². The molecule has 0 aliphatic heterocycles. The van der Waals surface area contributed by atoms with Crippen LogP contribution in [0.1, 0.15) is 24.8 Å². The van der Waals surface area contributed by atoms with Crippen molar-refractivity contribution in [2.75, 3.05) is 20.1 Å². The minimum Gasteiger partial charge on any atom is -0.314 e. The lowest BCUT2D eigenvalue weighted by Gasteiger charge is -2.17. The van der Waals surface area contributed by atoms with Crippen LogP contribution in [-0.4, -0.2) is 31.1 Å². The van der Waals surface area contributed by atoms with Crippen LogP contribution in [0.2, 0.25) is 5.02 Å². The van der Waals surface area contributed by atoms with Crippen LogP contribution in [0.25, 0.3) is 0 Å². The molecule has 3 heteroatoms. The Balaban J connectivity index is 1.65. The van der Waals surface area contributed by atoms with Crippen molar-refractivity contribution in [1.29, 1.82) is 0 Å². The molecule has 2 nitrogen and oxygen atoms in total. The SMILES string of the molecule is CN(CCCNC1CC1)Cc1ccccc1Cl. The number of hydrogen-bond acceptors (Lipinski definition) is 2. The zero-order valence-corrected chi connectivity index (χ0v) is 11.2. The van der Waals surface area contributed by atoms with Gasteiger partial charge in [-0.25, -0.2) is 0 Å². The van der Waals surface area contributed by atoms with E-state index in [4.69, 9.17) is 11.6 Å². The second kappa shape index (κ2) is 6.39. The van der Waals surface area contributed by atoms with E-state index in [-0.39, 0.29) is 0 Å². The summed E-state index contributed by atoms with van der Waals surface area (Å²) in [6.45, 7) is 3.19. The minimum atomic E-state index is 0.823. The lowest BCUT2D eigenvalue weighted by Crippen LogP contribution is -2.25. The van der Waals surface area contributed by atoms with E-state index in [2.05, 4.69) is 23.3 Å². The first-order chi connectivity index (χ1) is 8.25. The van der Waals surface area contributed by atoms with Crippen LogP contribution in [0.15, 0.2) is 24.3 Å². The highest BCUT2D eigenvalue weighted by atomic mass is 35.5. The number of hydrogen-bond donors (Lipinski definition) is 1. The van der Waals surface area contributed by atoms with Gasteiger partial charge in [-0.15, -0.1) is 0 Å². The van der Waals surface area contributed by atoms with Crippen LogP contribution in [0.4, 0.5) is 0 Å². The number of halogens is 1. The highest BCUT2D eigenvalue weighted by molar-refractivity contribution is 6.31. The average Bonchev–Trinajstić information content (AvgIpc) is 3.12. The highest BCUT2D eigenvalue weighted by Gasteiger charge is 2.19. The van der Waals surface area contributed by atoms with Gasteiger partial charge < -0.3 is 10.2 Å². The van der Waals surface area contributed by atoms with E-state index in [0.29, 0.717) is 0 Å². The van der Waals surface area contributed by atoms with Gasteiger partial charge in [0, 0.05) is 17.6 Å². The molecular formula is C14H21ClN2. The summed E-state index contributed by atoms with van der Waals surface area (Å²) in [4.78, 5) is 2.33. The largest absolute Gasteiger partial charge is 0.314 e. The summed E-state index contributed by atoms with van der Waals surface area (Å²) >= 11 is 6.14. The van der Waals surface area contributed by atoms with Gasteiger partial charge in [-0.05, 0) is 51.0 Å². The van der Waals surface area contributed by atoms with E-state index in [9.17, 15) is 0 Å². The molecule has 1 aromatic rings. The Morgan fingerprint density at radius 2 is 2.12 bits per heavy atom. The number of rotatable bonds is 7. The summed E-state index contributed by atoms with van der Waals surface area (Å²) in [6, 6.07) is 8.90. The molecule has 0 spiro atoms. The van der Waals surface area contributed by atoms with Crippen molar-refractivity contribution in [1.82, 2.24) is 10.2 Å². The Morgan fingerprint density at radius 3 is 2.82 bits per heavy atom. The van der Waals surface area contributed by atoms with Gasteiger partial charge in [0.15, 0.2) is 0 Å². The van der Waals surface area contributed by atoms with Gasteiger partial charge in [0.1, 0.15) is 0 Å². The second-order valence-corrected chi connectivity index (χ2v) is 5.32. The topological polar surface area (TPSA) is 15.3 Å². The van der Waals surface area contributed by atoms with Crippen molar-refractivity contribution in [3.8, 4) is 0 Å². The monoisotopic (exact) mass is 252 g/mol. The Labute approximate surface area is 109 Å². The molecule has 1 aliphatic carbocycles. The maximum absolute atomic E-state index is 6.14. The predicted octanol–water partition coefficient (Wildman–Crippen LogP) is 2.91. The standard InChI is InChI=1S/C14H21ClN2/c1-17(10-4-9-16-13-7-8-13)11-12-5-2-3-6-14(12)15/h2-3,5-6,13,16H,4,7-11H2,1H3. The molecule has 1 N–H and O–H groups in total. The Morgan fingerprint density at radius 1 is 1.35 bits per heavy atom. The molecule has 0 bridgehead atoms. The molecule has 0 aromatic heterocycles. The van der Waals surface area contributed by atoms with E-state index in [0.717, 1.165) is 30.7 Å². The maximum atomic E-state index is 6.14. The highest BCUT2D eigenvalue weighted by Crippen LogP contribution is 2.18. The Bertz CT molecular complexity index is 350. The number of nitrogens with one attached hydrogen (secondary N) is 1. The van der Waals surface area contributed by atoms with Crippen LogP contribution in [0.3, 0.4) is 0 Å². The molecule has 0 saturated heterocycles. The molecule has 1 aliphatic rings. The van der Waals surface area contributed by atoms with E-state index in [1.807, 2.05) is 18.2 Å². The van der Waals surface area contributed by atoms with Crippen molar-refractivity contribution in [3.63, 3.8) is 0 Å². The molecule has 1 aromatic carbocycles. The summed E-state index contributed by atoms with van der Waals surface area (Å²) < 4.78 is 0. The predicted molar refractivity (Wildman–Crippen MR) is 73.4 cm³/mol. The van der Waals surface area contributed by atoms with Crippen LogP contribution in [0, 0.1) is 0 Å². The van der Waals surface area contributed by atoms with Gasteiger partial charge in [0.05, 0.1) is 0 Å². The lowest BCUT2D eigenvalue weighted by molar-refractivity contribution is 0.319. The van der Waals surface area contributed by atoms with Gasteiger partial charge >= 0.3 is 0 Å². The minimum absolute atomic E-state index is 0.823. The molecule has 1 saturated carbocycles. The molecular weight excluding hydrogens is 232 g/mol. The Hall–Kier alpha value is -0.570. The maximum Gasteiger partial charge on any atom is 0.0451 e. The van der Waals surface area contributed by atoms with Gasteiger partial charge in [-0.2, -0.15) is 0 Å². The van der Waals surface area contributed by atoms with Crippen molar-refractivity contribution in [2.24, 2.45) is 0 Å². The van der Waals surface area contributed by atoms with Crippen LogP contribution in [-0.2, 0) is 6.54 Å². The fourth-order valence-corrected chi connectivity index (χ4v) is 2.13. The Kier molecular flexibility index (Phi) is 4.84. The first-order valence-corrected chi connectivity index (χ1v) is 6.79. The number of nitrogens with zero attached hydrogens (tertiary/aromatic N) is 1. The van der Waals surface area contributed by atoms with E-state index in [1.165, 1.54) is 24.8 Å². The summed E-state index contributed by atoms with van der Waals surface area (Å²) in [6.07, 6.45) is 3.95. The van der Waals surface area contributed by atoms with Crippen molar-refractivity contribution in [2.45, 2.75) is 31.8 Å². The fourth-order valence-electron chi connectivity index (χ4n) is 1.94. The van der Waals surface area contributed by atoms with Crippen molar-refractivity contribution < 1.29 is 0 Å². The lowest BCUT2D eigenvalue weighted by atomic mass is 10.2. The molecule has 1 fully saturated rings. The second-order valence-electron chi connectivity index (χ2n) is 4.91. The van der Waals surface area contributed by atoms with Crippen LogP contribution >= 0.6 is 11.6 Å². The third-order valence-electron chi connectivity index (χ3n) is 3.13. The summed E-state index contributed by atoms with van der Waals surface area (Å²) in [7, 11) is 2.15. The zero-order chi connectivity index (χ0) is 12.1. The molecule has 0 unspecified atom stereocenters. The van der Waals surface area contributed by atoms with Gasteiger partial charge in [-0.1, -0.05) is 29.8 Å². The summed E-state index contributed by atoms with van der Waals surface area (Å²) in [5, 5.41) is 4.41. The average molecular weight is 253 g/mol. The third-order valence-corrected chi connectivity index (χ3v) is 3.49. The molecule has 0 radical (unpaired) electrons. The smallest absolute Gasteiger partial charge is 0.0451 e. The normalized spacial score (nSPS) is 15.5. The molecule has 94 valence electrons. The van der Waals surface area contributed by atoms with E-state index < -0.39 is 0 Å². The fraction of sp³-hybridized carbons (Fsp3) is 0.571. The van der Waals surface area contributed by atoms with Crippen LogP contribution in [0.5, 0.6) is 0 Å². The van der Waals surface area contributed by atoms with Gasteiger partial charge in [0.2, 0.25) is 0 Å². The van der Waals surface area contributed by atoms with E-state index >= 15 is 0 Å². The third kappa shape index (κ3) is 4.66. The van der Waals surface area contributed by atoms with Gasteiger partial charge in [0.25, 0.3) is 0 Å². The molecule has 0 atom stereocenters. The number of benzene rings is 1. The first kappa shape index (κ1) is 12.9. The summed E-state index contributed by atoms with van der Waals surface area (Å²) in [5.41, 5.74) is 1.21. The molecule has 0 amide bonds. The first-order valence-electron chi connectivity index (χ1n) is 6.41. The molecule has 17 heavy (non-hydrogen) atoms. The molecule has 2 rings (SSSR count). The summed E-state index contributed by atoms with van der Waals surface area (Å²) in [5.74, 6) is 0. The molecule has 0 heterocycles. The van der Waals surface area contributed by atoms with Crippen LogP contribution < -0.4 is 5.32 Å². The van der Waals surface area contributed by atoms with Crippen molar-refractivity contribution in [3.05, 3.63) is 34.9 Å². The van der Waals surface area contributed by atoms with E-state index in [1.54, 1.807) is 0 Å². The zero-order valence-electron chi connectivity index (χ0n) is 10.5. The quantitative estimate of drug-likeness (QED) is 0.751. The van der Waals surface area contributed by atoms with Crippen molar-refractivity contribution >= 4 is 11.6 Å².